The summed E-state index contributed by atoms with van der Waals surface area (Å²) in [6.45, 7) is 14.2. The zero-order valence-corrected chi connectivity index (χ0v) is 66.9. The minimum atomic E-state index is -4.96. The van der Waals surface area contributed by atoms with E-state index in [0.717, 1.165) is 108 Å². The largest absolute Gasteiger partial charge is 0.472 e. The lowest BCUT2D eigenvalue weighted by atomic mass is 10.0. The van der Waals surface area contributed by atoms with Crippen molar-refractivity contribution in [2.24, 2.45) is 23.7 Å². The minimum absolute atomic E-state index is 0.103. The van der Waals surface area contributed by atoms with Gasteiger partial charge in [0, 0.05) is 25.7 Å². The lowest BCUT2D eigenvalue weighted by molar-refractivity contribution is -0.161. The lowest BCUT2D eigenvalue weighted by Crippen LogP contribution is -2.30. The Morgan fingerprint density at radius 1 is 0.253 bits per heavy atom. The minimum Gasteiger partial charge on any atom is -0.462 e. The summed E-state index contributed by atoms with van der Waals surface area (Å²) in [5, 5.41) is 10.6. The fourth-order valence-electron chi connectivity index (χ4n) is 12.3. The van der Waals surface area contributed by atoms with Crippen LogP contribution in [-0.4, -0.2) is 96.7 Å². The SMILES string of the molecule is CC(C)CCCCCCCCCCCCCCCCCCCCC(=O)O[C@H](COC(=O)CCCCCCCCCC(C)C)COP(=O)(O)OCC(O)COP(=O)(O)OC[C@@H](COC(=O)CCCCCCCCCCCCCCCCCC(C)C)OC(=O)CCCCCCCCCC(C)C. The Balaban J connectivity index is 5.14. The first-order valence-corrected chi connectivity index (χ1v) is 44.2. The number of rotatable bonds is 77. The quantitative estimate of drug-likeness (QED) is 0.0222. The van der Waals surface area contributed by atoms with Gasteiger partial charge in [-0.1, -0.05) is 357 Å². The first kappa shape index (κ1) is 97.1. The number of ether oxygens (including phenoxy) is 4. The standard InChI is InChI=1S/C80H156O17P2/c1-70(2)56-48-40-32-26-22-18-14-11-9-10-12-16-21-25-29-37-46-54-62-79(84)96-75(67-91-78(83)61-53-45-38-30-34-42-50-58-72(5)6)68-94-98(86,87)92-64-74(81)65-93-99(88,89)95-69-76(97-80(85)63-55-47-39-31-35-43-51-59-73(7)8)66-90-77(82)60-52-44-36-28-24-20-17-13-15-19-23-27-33-41-49-57-71(3)4/h70-76,81H,9-69H2,1-8H3,(H,86,87)(H,88,89)/t74?,75-,76-/m1/s1. The zero-order valence-electron chi connectivity index (χ0n) is 65.1. The number of phosphoric ester groups is 2. The van der Waals surface area contributed by atoms with Crippen molar-refractivity contribution in [3.63, 3.8) is 0 Å². The Bertz CT molecular complexity index is 1940. The van der Waals surface area contributed by atoms with Crippen molar-refractivity contribution in [2.75, 3.05) is 39.6 Å². The molecule has 3 N–H and O–H groups in total. The molecule has 3 unspecified atom stereocenters. The summed E-state index contributed by atoms with van der Waals surface area (Å²) in [7, 11) is -9.92. The predicted octanol–water partition coefficient (Wildman–Crippen LogP) is 23.6. The molecule has 19 heteroatoms. The highest BCUT2D eigenvalue weighted by molar-refractivity contribution is 7.47. The number of carbonyl (C=O) groups is 4. The predicted molar refractivity (Wildman–Crippen MR) is 404 cm³/mol. The maximum atomic E-state index is 13.1. The molecule has 0 radical (unpaired) electrons. The van der Waals surface area contributed by atoms with E-state index in [1.165, 1.54) is 205 Å². The maximum absolute atomic E-state index is 13.1. The second kappa shape index (κ2) is 69.1. The molecule has 17 nitrogen and oxygen atoms in total. The van der Waals surface area contributed by atoms with Crippen LogP contribution in [0.25, 0.3) is 0 Å². The van der Waals surface area contributed by atoms with E-state index in [4.69, 9.17) is 37.0 Å². The highest BCUT2D eigenvalue weighted by Crippen LogP contribution is 2.45. The number of phosphoric acid groups is 2. The lowest BCUT2D eigenvalue weighted by Gasteiger charge is -2.21. The van der Waals surface area contributed by atoms with Crippen LogP contribution in [0.1, 0.15) is 409 Å². The topological polar surface area (TPSA) is 237 Å². The molecule has 0 saturated carbocycles. The van der Waals surface area contributed by atoms with Gasteiger partial charge in [0.2, 0.25) is 0 Å². The molecule has 0 aliphatic rings. The van der Waals surface area contributed by atoms with Gasteiger partial charge >= 0.3 is 39.5 Å². The highest BCUT2D eigenvalue weighted by atomic mass is 31.2. The van der Waals surface area contributed by atoms with Crippen LogP contribution >= 0.6 is 15.6 Å². The zero-order chi connectivity index (χ0) is 73.1. The van der Waals surface area contributed by atoms with Crippen LogP contribution in [0.4, 0.5) is 0 Å². The Hall–Kier alpha value is -1.94. The molecular formula is C80H156O17P2. The fourth-order valence-corrected chi connectivity index (χ4v) is 13.8. The average molecular weight is 1450 g/mol. The molecule has 588 valence electrons. The van der Waals surface area contributed by atoms with E-state index in [1.807, 2.05) is 0 Å². The van der Waals surface area contributed by atoms with Gasteiger partial charge in [-0.15, -0.1) is 0 Å². The molecule has 0 aliphatic carbocycles. The molecular weight excluding hydrogens is 1290 g/mol. The van der Waals surface area contributed by atoms with Crippen LogP contribution in [0.2, 0.25) is 0 Å². The molecule has 0 rings (SSSR count). The van der Waals surface area contributed by atoms with Crippen molar-refractivity contribution >= 4 is 39.5 Å². The van der Waals surface area contributed by atoms with E-state index in [9.17, 15) is 43.2 Å². The summed E-state index contributed by atoms with van der Waals surface area (Å²) in [6, 6.07) is 0. The molecule has 0 aliphatic heterocycles. The van der Waals surface area contributed by atoms with Crippen LogP contribution in [0, 0.1) is 23.7 Å². The molecule has 99 heavy (non-hydrogen) atoms. The monoisotopic (exact) mass is 1450 g/mol. The summed E-state index contributed by atoms with van der Waals surface area (Å²) in [4.78, 5) is 72.9. The third-order valence-electron chi connectivity index (χ3n) is 18.6. The second-order valence-corrected chi connectivity index (χ2v) is 33.6. The van der Waals surface area contributed by atoms with Crippen LogP contribution in [0.3, 0.4) is 0 Å². The van der Waals surface area contributed by atoms with Crippen LogP contribution in [0.5, 0.6) is 0 Å². The van der Waals surface area contributed by atoms with Gasteiger partial charge in [-0.3, -0.25) is 37.3 Å². The van der Waals surface area contributed by atoms with Crippen molar-refractivity contribution in [1.29, 1.82) is 0 Å². The van der Waals surface area contributed by atoms with Crippen LogP contribution in [0.15, 0.2) is 0 Å². The van der Waals surface area contributed by atoms with E-state index < -0.39 is 97.5 Å². The number of hydrogen-bond acceptors (Lipinski definition) is 15. The van der Waals surface area contributed by atoms with Crippen LogP contribution < -0.4 is 0 Å². The van der Waals surface area contributed by atoms with Gasteiger partial charge in [-0.05, 0) is 49.4 Å². The van der Waals surface area contributed by atoms with Gasteiger partial charge in [0.15, 0.2) is 12.2 Å². The van der Waals surface area contributed by atoms with Crippen molar-refractivity contribution in [2.45, 2.75) is 427 Å². The van der Waals surface area contributed by atoms with Gasteiger partial charge in [0.05, 0.1) is 26.4 Å². The third kappa shape index (κ3) is 74.1. The normalized spacial score (nSPS) is 14.1. The molecule has 0 bridgehead atoms. The van der Waals surface area contributed by atoms with Crippen molar-refractivity contribution in [3.8, 4) is 0 Å². The van der Waals surface area contributed by atoms with Crippen molar-refractivity contribution in [3.05, 3.63) is 0 Å². The Kier molecular flexibility index (Phi) is 67.8. The summed E-state index contributed by atoms with van der Waals surface area (Å²) in [5.41, 5.74) is 0. The van der Waals surface area contributed by atoms with E-state index >= 15 is 0 Å². The Morgan fingerprint density at radius 2 is 0.424 bits per heavy atom. The smallest absolute Gasteiger partial charge is 0.462 e. The van der Waals surface area contributed by atoms with Gasteiger partial charge < -0.3 is 33.8 Å². The first-order valence-electron chi connectivity index (χ1n) is 41.2. The number of esters is 4. The number of aliphatic hydroxyl groups excluding tert-OH is 1. The Labute approximate surface area is 607 Å². The molecule has 0 heterocycles. The molecule has 0 fully saturated rings. The molecule has 0 aromatic carbocycles. The van der Waals surface area contributed by atoms with E-state index in [1.54, 1.807) is 0 Å². The molecule has 5 atom stereocenters. The average Bonchev–Trinajstić information content (AvgIpc) is 0.994. The van der Waals surface area contributed by atoms with E-state index in [-0.39, 0.29) is 25.7 Å². The number of hydrogen-bond donors (Lipinski definition) is 3. The van der Waals surface area contributed by atoms with Crippen LogP contribution in [-0.2, 0) is 65.4 Å². The summed E-state index contributed by atoms with van der Waals surface area (Å²) >= 11 is 0. The Morgan fingerprint density at radius 3 is 0.626 bits per heavy atom. The van der Waals surface area contributed by atoms with Crippen molar-refractivity contribution in [1.82, 2.24) is 0 Å². The summed E-state index contributed by atoms with van der Waals surface area (Å²) < 4.78 is 68.6. The van der Waals surface area contributed by atoms with E-state index in [0.29, 0.717) is 37.5 Å². The molecule has 0 aromatic heterocycles. The van der Waals surface area contributed by atoms with Gasteiger partial charge in [0.1, 0.15) is 19.3 Å². The number of carbonyl (C=O) groups excluding carboxylic acids is 4. The molecule has 0 amide bonds. The van der Waals surface area contributed by atoms with Gasteiger partial charge in [-0.2, -0.15) is 0 Å². The summed E-state index contributed by atoms with van der Waals surface area (Å²) in [5.74, 6) is 0.908. The fraction of sp³-hybridized carbons (Fsp3) is 0.950. The number of aliphatic hydroxyl groups is 1. The van der Waals surface area contributed by atoms with Crippen molar-refractivity contribution < 1.29 is 80.2 Å². The second-order valence-electron chi connectivity index (χ2n) is 30.7. The molecule has 0 saturated heterocycles. The first-order chi connectivity index (χ1) is 47.6. The molecule has 0 spiro atoms. The maximum Gasteiger partial charge on any atom is 0.472 e. The molecule has 0 aromatic rings. The van der Waals surface area contributed by atoms with E-state index in [2.05, 4.69) is 55.4 Å². The van der Waals surface area contributed by atoms with Gasteiger partial charge in [0.25, 0.3) is 0 Å². The third-order valence-corrected chi connectivity index (χ3v) is 20.5. The van der Waals surface area contributed by atoms with Gasteiger partial charge in [-0.25, -0.2) is 9.13 Å². The summed E-state index contributed by atoms with van der Waals surface area (Å²) in [6.07, 6.45) is 55.9. The highest BCUT2D eigenvalue weighted by Gasteiger charge is 2.30. The number of unbranched alkanes of at least 4 members (excludes halogenated alkanes) is 43.